The molecular weight excluding hydrogens is 165 g/mol. The van der Waals surface area contributed by atoms with Gasteiger partial charge in [-0.15, -0.1) is 0 Å². The summed E-state index contributed by atoms with van der Waals surface area (Å²) in [5.74, 6) is -0.752. The first-order valence-corrected chi connectivity index (χ1v) is 2.44. The molecule has 0 radical (unpaired) electrons. The molecule has 0 aromatic carbocycles. The number of halogens is 1. The van der Waals surface area contributed by atoms with E-state index in [-0.39, 0.29) is 49.9 Å². The molecule has 3 nitrogen and oxygen atoms in total. The third kappa shape index (κ3) is 15.9. The normalized spacial score (nSPS) is 9.10. The van der Waals surface area contributed by atoms with Gasteiger partial charge in [-0.3, -0.25) is 0 Å². The molecule has 0 aliphatic carbocycles. The van der Waals surface area contributed by atoms with Gasteiger partial charge in [-0.05, 0) is 0 Å². The van der Waals surface area contributed by atoms with Gasteiger partial charge in [0.25, 0.3) is 0 Å². The second-order valence-electron chi connectivity index (χ2n) is 2.84. The maximum absolute atomic E-state index is 10.00. The van der Waals surface area contributed by atoms with E-state index in [2.05, 4.69) is 0 Å². The first-order chi connectivity index (χ1) is 3.42. The van der Waals surface area contributed by atoms with E-state index < -0.39 is 5.97 Å². The van der Waals surface area contributed by atoms with Gasteiger partial charge in [0.15, 0.2) is 6.54 Å². The zero-order valence-electron chi connectivity index (χ0n) is 7.89. The predicted molar refractivity (Wildman–Crippen MR) is 31.6 cm³/mol. The minimum absolute atomic E-state index is 0. The summed E-state index contributed by atoms with van der Waals surface area (Å²) in [4.78, 5) is 10.00. The van der Waals surface area contributed by atoms with Crippen molar-refractivity contribution in [2.24, 2.45) is 0 Å². The Balaban J connectivity index is -0.0000000817. The minimum Gasteiger partial charge on any atom is -1.00 e. The van der Waals surface area contributed by atoms with Gasteiger partial charge in [0.2, 0.25) is 0 Å². The molecule has 1 N–H and O–H groups in total. The van der Waals surface area contributed by atoms with E-state index in [4.69, 9.17) is 5.11 Å². The SMILES string of the molecule is C[N+](C)(C)CC(=O)O.[Cl-].[H-].[Na+]. The van der Waals surface area contributed by atoms with Crippen molar-refractivity contribution in [3.05, 3.63) is 0 Å². The van der Waals surface area contributed by atoms with Gasteiger partial charge < -0.3 is 23.4 Å². The molecule has 0 rings (SSSR count). The number of likely N-dealkylation sites (N-methyl/N-ethyl adjacent to an activating group) is 1. The Kier molecular flexibility index (Phi) is 10.9. The van der Waals surface area contributed by atoms with Crippen LogP contribution in [0.4, 0.5) is 0 Å². The molecule has 0 spiro atoms. The number of carboxylic acids is 1. The molecule has 10 heavy (non-hydrogen) atoms. The van der Waals surface area contributed by atoms with E-state index in [1.165, 1.54) is 0 Å². The van der Waals surface area contributed by atoms with Crippen molar-refractivity contribution in [1.29, 1.82) is 0 Å². The molecule has 0 aromatic heterocycles. The Morgan fingerprint density at radius 2 is 1.80 bits per heavy atom. The van der Waals surface area contributed by atoms with E-state index >= 15 is 0 Å². The first-order valence-electron chi connectivity index (χ1n) is 2.44. The predicted octanol–water partition coefficient (Wildman–Crippen LogP) is -6.10. The fraction of sp³-hybridized carbons (Fsp3) is 0.800. The summed E-state index contributed by atoms with van der Waals surface area (Å²) in [5, 5.41) is 8.23. The van der Waals surface area contributed by atoms with Crippen LogP contribution in [0.5, 0.6) is 0 Å². The Hall–Kier alpha value is 0.720. The molecule has 5 heteroatoms. The van der Waals surface area contributed by atoms with E-state index in [0.717, 1.165) is 0 Å². The molecule has 0 unspecified atom stereocenters. The fourth-order valence-corrected chi connectivity index (χ4v) is 0.406. The van der Waals surface area contributed by atoms with Gasteiger partial charge in [-0.2, -0.15) is 0 Å². The summed E-state index contributed by atoms with van der Waals surface area (Å²) in [5.41, 5.74) is 0. The van der Waals surface area contributed by atoms with Crippen molar-refractivity contribution in [2.75, 3.05) is 27.7 Å². The molecule has 58 valence electrons. The summed E-state index contributed by atoms with van der Waals surface area (Å²) in [7, 11) is 5.52. The Morgan fingerprint density at radius 3 is 1.80 bits per heavy atom. The summed E-state index contributed by atoms with van der Waals surface area (Å²) >= 11 is 0. The van der Waals surface area contributed by atoms with Crippen molar-refractivity contribution in [3.8, 4) is 0 Å². The van der Waals surface area contributed by atoms with Crippen LogP contribution in [0.3, 0.4) is 0 Å². The monoisotopic (exact) mass is 177 g/mol. The summed E-state index contributed by atoms with van der Waals surface area (Å²) in [6, 6.07) is 0. The fourth-order valence-electron chi connectivity index (χ4n) is 0.406. The number of hydrogen-bond donors (Lipinski definition) is 1. The van der Waals surface area contributed by atoms with E-state index in [9.17, 15) is 4.79 Å². The molecular formula is C5H13ClNNaO2. The van der Waals surface area contributed by atoms with Crippen molar-refractivity contribution < 1.29 is 57.8 Å². The first kappa shape index (κ1) is 17.0. The van der Waals surface area contributed by atoms with Crippen LogP contribution in [-0.4, -0.2) is 43.2 Å². The van der Waals surface area contributed by atoms with Gasteiger partial charge in [0.05, 0.1) is 21.1 Å². The molecule has 0 heterocycles. The van der Waals surface area contributed by atoms with Gasteiger partial charge in [-0.25, -0.2) is 4.79 Å². The quantitative estimate of drug-likeness (QED) is 0.337. The Labute approximate surface area is 91.2 Å². The standard InChI is InChI=1S/C5H11NO2.ClH.Na.H/c1-6(2,3)4-5(7)8;;;/h4H2,1-3H3;1H;;/q;;+1;-1. The minimum atomic E-state index is -0.752. The number of quaternary nitrogens is 1. The second kappa shape index (κ2) is 6.43. The van der Waals surface area contributed by atoms with Crippen molar-refractivity contribution in [1.82, 2.24) is 0 Å². The molecule has 0 aliphatic rings. The van der Waals surface area contributed by atoms with Crippen LogP contribution >= 0.6 is 0 Å². The molecule has 0 atom stereocenters. The summed E-state index contributed by atoms with van der Waals surface area (Å²) in [6.07, 6.45) is 0. The number of rotatable bonds is 2. The molecule has 0 saturated heterocycles. The molecule has 0 bridgehead atoms. The number of carboxylic acid groups (broad SMARTS) is 1. The molecule has 0 saturated carbocycles. The second-order valence-corrected chi connectivity index (χ2v) is 2.84. The zero-order valence-corrected chi connectivity index (χ0v) is 9.64. The van der Waals surface area contributed by atoms with Gasteiger partial charge >= 0.3 is 35.5 Å². The van der Waals surface area contributed by atoms with E-state index in [0.29, 0.717) is 4.48 Å². The van der Waals surface area contributed by atoms with Gasteiger partial charge in [0, 0.05) is 0 Å². The Bertz CT molecular complexity index is 107. The van der Waals surface area contributed by atoms with Crippen LogP contribution < -0.4 is 42.0 Å². The van der Waals surface area contributed by atoms with Crippen LogP contribution in [0.1, 0.15) is 1.43 Å². The van der Waals surface area contributed by atoms with Crippen LogP contribution in [0, 0.1) is 0 Å². The van der Waals surface area contributed by atoms with Crippen LogP contribution in [0.25, 0.3) is 0 Å². The van der Waals surface area contributed by atoms with Gasteiger partial charge in [-0.1, -0.05) is 0 Å². The number of carbonyl (C=O) groups is 1. The van der Waals surface area contributed by atoms with Crippen molar-refractivity contribution in [3.63, 3.8) is 0 Å². The number of nitrogens with zero attached hydrogens (tertiary/aromatic N) is 1. The van der Waals surface area contributed by atoms with E-state index in [1.54, 1.807) is 0 Å². The summed E-state index contributed by atoms with van der Waals surface area (Å²) in [6.45, 7) is 0.181. The number of aliphatic carboxylic acids is 1. The molecule has 0 amide bonds. The number of hydrogen-bond acceptors (Lipinski definition) is 1. The van der Waals surface area contributed by atoms with Crippen LogP contribution in [0.15, 0.2) is 0 Å². The largest absolute Gasteiger partial charge is 1.00 e. The van der Waals surface area contributed by atoms with Crippen LogP contribution in [0.2, 0.25) is 0 Å². The Morgan fingerprint density at radius 1 is 1.50 bits per heavy atom. The maximum Gasteiger partial charge on any atom is 1.00 e. The van der Waals surface area contributed by atoms with Crippen molar-refractivity contribution in [2.45, 2.75) is 0 Å². The summed E-state index contributed by atoms with van der Waals surface area (Å²) < 4.78 is 0.481. The smallest absolute Gasteiger partial charge is 1.00 e. The van der Waals surface area contributed by atoms with Crippen LogP contribution in [-0.2, 0) is 4.79 Å². The average molecular weight is 178 g/mol. The average Bonchev–Trinajstić information content (AvgIpc) is 1.21. The maximum atomic E-state index is 10.00. The molecule has 0 aromatic rings. The van der Waals surface area contributed by atoms with Gasteiger partial charge in [0.1, 0.15) is 0 Å². The molecule has 0 aliphatic heterocycles. The van der Waals surface area contributed by atoms with Crippen molar-refractivity contribution >= 4 is 5.97 Å². The third-order valence-electron chi connectivity index (χ3n) is 0.610. The topological polar surface area (TPSA) is 37.3 Å². The third-order valence-corrected chi connectivity index (χ3v) is 0.610. The molecule has 0 fully saturated rings. The zero-order chi connectivity index (χ0) is 6.78. The van der Waals surface area contributed by atoms with E-state index in [1.807, 2.05) is 21.1 Å².